The van der Waals surface area contributed by atoms with Crippen molar-refractivity contribution in [3.05, 3.63) is 12.1 Å². The summed E-state index contributed by atoms with van der Waals surface area (Å²) in [7, 11) is 1.71. The highest BCUT2D eigenvalue weighted by Gasteiger charge is 2.16. The second kappa shape index (κ2) is 7.06. The standard InChI is InChI=1S/C12H22N4O/c1-4-10(5-2)16(8-9-17-3)12-7-6-11(13)14-15-12/h6-7,10H,4-5,8-9H2,1-3H3,(H2,13,14). The molecule has 1 heterocycles. The van der Waals surface area contributed by atoms with Crippen LogP contribution in [0, 0.1) is 0 Å². The average Bonchev–Trinajstić information content (AvgIpc) is 2.36. The molecule has 0 fully saturated rings. The maximum atomic E-state index is 5.55. The minimum Gasteiger partial charge on any atom is -0.383 e. The Morgan fingerprint density at radius 1 is 1.29 bits per heavy atom. The van der Waals surface area contributed by atoms with E-state index in [0.29, 0.717) is 18.5 Å². The lowest BCUT2D eigenvalue weighted by Crippen LogP contribution is -2.37. The molecule has 0 amide bonds. The Morgan fingerprint density at radius 3 is 2.47 bits per heavy atom. The lowest BCUT2D eigenvalue weighted by molar-refractivity contribution is 0.202. The lowest BCUT2D eigenvalue weighted by atomic mass is 10.1. The van der Waals surface area contributed by atoms with Crippen LogP contribution >= 0.6 is 0 Å². The van der Waals surface area contributed by atoms with Crippen molar-refractivity contribution in [1.82, 2.24) is 10.2 Å². The van der Waals surface area contributed by atoms with Crippen molar-refractivity contribution in [1.29, 1.82) is 0 Å². The Hall–Kier alpha value is -1.36. The van der Waals surface area contributed by atoms with Gasteiger partial charge in [0, 0.05) is 19.7 Å². The van der Waals surface area contributed by atoms with Crippen LogP contribution in [0.1, 0.15) is 26.7 Å². The van der Waals surface area contributed by atoms with E-state index in [1.54, 1.807) is 13.2 Å². The van der Waals surface area contributed by atoms with Gasteiger partial charge in [0.2, 0.25) is 0 Å². The van der Waals surface area contributed by atoms with Crippen LogP contribution in [0.4, 0.5) is 11.6 Å². The highest BCUT2D eigenvalue weighted by molar-refractivity contribution is 5.42. The van der Waals surface area contributed by atoms with Gasteiger partial charge < -0.3 is 15.4 Å². The molecule has 0 aliphatic rings. The molecule has 0 saturated heterocycles. The first-order chi connectivity index (χ1) is 8.22. The molecule has 0 saturated carbocycles. The molecule has 0 bridgehead atoms. The summed E-state index contributed by atoms with van der Waals surface area (Å²) in [6, 6.07) is 4.16. The maximum Gasteiger partial charge on any atom is 0.151 e. The Morgan fingerprint density at radius 2 is 2.00 bits per heavy atom. The van der Waals surface area contributed by atoms with Crippen LogP contribution in [-0.2, 0) is 4.74 Å². The molecule has 1 aromatic heterocycles. The van der Waals surface area contributed by atoms with Gasteiger partial charge in [-0.05, 0) is 25.0 Å². The minimum absolute atomic E-state index is 0.449. The summed E-state index contributed by atoms with van der Waals surface area (Å²) in [6.45, 7) is 5.86. The topological polar surface area (TPSA) is 64.3 Å². The van der Waals surface area contributed by atoms with Gasteiger partial charge in [-0.2, -0.15) is 0 Å². The second-order valence-corrected chi connectivity index (χ2v) is 3.97. The molecule has 5 nitrogen and oxygen atoms in total. The Bertz CT molecular complexity index is 311. The van der Waals surface area contributed by atoms with Gasteiger partial charge in [0.15, 0.2) is 5.82 Å². The van der Waals surface area contributed by atoms with Crippen molar-refractivity contribution >= 4 is 11.6 Å². The summed E-state index contributed by atoms with van der Waals surface area (Å²) in [5.74, 6) is 1.31. The molecule has 5 heteroatoms. The summed E-state index contributed by atoms with van der Waals surface area (Å²) < 4.78 is 5.14. The van der Waals surface area contributed by atoms with E-state index in [1.807, 2.05) is 6.07 Å². The number of nitrogens with two attached hydrogens (primary N) is 1. The SMILES string of the molecule is CCC(CC)N(CCOC)c1ccc(N)nn1. The van der Waals surface area contributed by atoms with Gasteiger partial charge in [-0.25, -0.2) is 0 Å². The first-order valence-electron chi connectivity index (χ1n) is 6.07. The van der Waals surface area contributed by atoms with Gasteiger partial charge in [0.05, 0.1) is 6.61 Å². The molecule has 96 valence electrons. The molecule has 0 spiro atoms. The second-order valence-electron chi connectivity index (χ2n) is 3.97. The van der Waals surface area contributed by atoms with Crippen molar-refractivity contribution in [3.63, 3.8) is 0 Å². The van der Waals surface area contributed by atoms with E-state index in [-0.39, 0.29) is 0 Å². The van der Waals surface area contributed by atoms with Gasteiger partial charge in [0.1, 0.15) is 5.82 Å². The Labute approximate surface area is 103 Å². The van der Waals surface area contributed by atoms with E-state index in [0.717, 1.165) is 25.2 Å². The molecule has 1 aromatic rings. The third-order valence-corrected chi connectivity index (χ3v) is 2.88. The largest absolute Gasteiger partial charge is 0.383 e. The number of nitrogens with zero attached hydrogens (tertiary/aromatic N) is 3. The number of methoxy groups -OCH3 is 1. The maximum absolute atomic E-state index is 5.55. The van der Waals surface area contributed by atoms with Gasteiger partial charge in [-0.3, -0.25) is 0 Å². The van der Waals surface area contributed by atoms with Crippen LogP contribution < -0.4 is 10.6 Å². The van der Waals surface area contributed by atoms with E-state index < -0.39 is 0 Å². The van der Waals surface area contributed by atoms with Crippen molar-refractivity contribution < 1.29 is 4.74 Å². The first kappa shape index (κ1) is 13.7. The van der Waals surface area contributed by atoms with E-state index in [9.17, 15) is 0 Å². The summed E-state index contributed by atoms with van der Waals surface area (Å²) in [5, 5.41) is 8.05. The monoisotopic (exact) mass is 238 g/mol. The molecule has 0 aliphatic heterocycles. The Balaban J connectivity index is 2.84. The van der Waals surface area contributed by atoms with Crippen molar-refractivity contribution in [3.8, 4) is 0 Å². The van der Waals surface area contributed by atoms with Gasteiger partial charge in [0.25, 0.3) is 0 Å². The number of rotatable bonds is 7. The molecule has 0 aromatic carbocycles. The zero-order valence-electron chi connectivity index (χ0n) is 10.9. The average molecular weight is 238 g/mol. The molecule has 0 unspecified atom stereocenters. The predicted molar refractivity (Wildman–Crippen MR) is 70.0 cm³/mol. The summed E-state index contributed by atoms with van der Waals surface area (Å²) in [6.07, 6.45) is 2.15. The van der Waals surface area contributed by atoms with E-state index >= 15 is 0 Å². The lowest BCUT2D eigenvalue weighted by Gasteiger charge is -2.31. The smallest absolute Gasteiger partial charge is 0.151 e. The van der Waals surface area contributed by atoms with E-state index in [4.69, 9.17) is 10.5 Å². The van der Waals surface area contributed by atoms with Crippen molar-refractivity contribution in [2.45, 2.75) is 32.7 Å². The molecule has 0 aliphatic carbocycles. The number of nitrogen functional groups attached to an aromatic ring is 1. The fourth-order valence-corrected chi connectivity index (χ4v) is 1.89. The number of hydrogen-bond acceptors (Lipinski definition) is 5. The van der Waals surface area contributed by atoms with Gasteiger partial charge >= 0.3 is 0 Å². The van der Waals surface area contributed by atoms with Crippen molar-refractivity contribution in [2.75, 3.05) is 30.9 Å². The number of anilines is 2. The third kappa shape index (κ3) is 3.85. The van der Waals surface area contributed by atoms with Gasteiger partial charge in [-0.15, -0.1) is 10.2 Å². The van der Waals surface area contributed by atoms with Crippen LogP contribution in [-0.4, -0.2) is 36.5 Å². The summed E-state index contributed by atoms with van der Waals surface area (Å²) in [5.41, 5.74) is 5.55. The van der Waals surface area contributed by atoms with E-state index in [1.165, 1.54) is 0 Å². The van der Waals surface area contributed by atoms with Crippen LogP contribution in [0.3, 0.4) is 0 Å². The van der Waals surface area contributed by atoms with Crippen LogP contribution in [0.5, 0.6) is 0 Å². The number of hydrogen-bond donors (Lipinski definition) is 1. The normalized spacial score (nSPS) is 10.8. The fourth-order valence-electron chi connectivity index (χ4n) is 1.89. The van der Waals surface area contributed by atoms with Gasteiger partial charge in [-0.1, -0.05) is 13.8 Å². The molecule has 2 N–H and O–H groups in total. The van der Waals surface area contributed by atoms with Crippen molar-refractivity contribution in [2.24, 2.45) is 0 Å². The highest BCUT2D eigenvalue weighted by atomic mass is 16.5. The summed E-state index contributed by atoms with van der Waals surface area (Å²) >= 11 is 0. The molecule has 0 atom stereocenters. The predicted octanol–water partition coefficient (Wildman–Crippen LogP) is 1.70. The van der Waals surface area contributed by atoms with Crippen LogP contribution in [0.15, 0.2) is 12.1 Å². The van der Waals surface area contributed by atoms with Crippen LogP contribution in [0.25, 0.3) is 0 Å². The highest BCUT2D eigenvalue weighted by Crippen LogP contribution is 2.17. The van der Waals surface area contributed by atoms with E-state index in [2.05, 4.69) is 28.9 Å². The number of ether oxygens (including phenoxy) is 1. The third-order valence-electron chi connectivity index (χ3n) is 2.88. The van der Waals surface area contributed by atoms with Crippen LogP contribution in [0.2, 0.25) is 0 Å². The zero-order chi connectivity index (χ0) is 12.7. The number of aromatic nitrogens is 2. The summed E-state index contributed by atoms with van der Waals surface area (Å²) in [4.78, 5) is 2.23. The Kier molecular flexibility index (Phi) is 5.69. The molecule has 0 radical (unpaired) electrons. The zero-order valence-corrected chi connectivity index (χ0v) is 10.9. The molecule has 17 heavy (non-hydrogen) atoms. The molecule has 1 rings (SSSR count). The first-order valence-corrected chi connectivity index (χ1v) is 6.07. The molecular formula is C12H22N4O. The minimum atomic E-state index is 0.449. The molecular weight excluding hydrogens is 216 g/mol. The fraction of sp³-hybridized carbons (Fsp3) is 0.667. The quantitative estimate of drug-likeness (QED) is 0.783.